The molecule has 3 saturated carbocycles. The molecule has 3 aromatic carbocycles. The lowest BCUT2D eigenvalue weighted by molar-refractivity contribution is -0.163. The van der Waals surface area contributed by atoms with E-state index in [9.17, 15) is 60.7 Å². The lowest BCUT2D eigenvalue weighted by atomic mass is 9.52. The summed E-state index contributed by atoms with van der Waals surface area (Å²) in [5.41, 5.74) is 0.602. The van der Waals surface area contributed by atoms with E-state index in [-0.39, 0.29) is 63.2 Å². The average molecular weight is 1200 g/mol. The quantitative estimate of drug-likeness (QED) is 0.0562. The summed E-state index contributed by atoms with van der Waals surface area (Å²) < 4.78 is 0. The van der Waals surface area contributed by atoms with Gasteiger partial charge in [-0.05, 0) is 197 Å². The van der Waals surface area contributed by atoms with Crippen molar-refractivity contribution in [2.45, 2.75) is 266 Å². The Morgan fingerprint density at radius 3 is 2.22 bits per heavy atom. The van der Waals surface area contributed by atoms with Crippen molar-refractivity contribution in [1.82, 2.24) is 10.6 Å². The van der Waals surface area contributed by atoms with E-state index in [1.165, 1.54) is 0 Å². The highest BCUT2D eigenvalue weighted by Gasteiger charge is 2.62. The van der Waals surface area contributed by atoms with Crippen LogP contribution in [0.2, 0.25) is 0 Å². The number of carboxylic acid groups (broad SMARTS) is 2. The monoisotopic (exact) mass is 1200 g/mol. The van der Waals surface area contributed by atoms with Crippen LogP contribution < -0.4 is 10.6 Å². The van der Waals surface area contributed by atoms with E-state index in [4.69, 9.17) is 0 Å². The lowest BCUT2D eigenvalue weighted by Crippen LogP contribution is -2.73. The maximum absolute atomic E-state index is 14.9. The molecule has 13 atom stereocenters. The van der Waals surface area contributed by atoms with Gasteiger partial charge in [0.25, 0.3) is 0 Å². The van der Waals surface area contributed by atoms with Gasteiger partial charge in [0.1, 0.15) is 5.75 Å². The molecule has 4 aliphatic heterocycles. The van der Waals surface area contributed by atoms with Gasteiger partial charge in [0.05, 0.1) is 60.1 Å². The zero-order valence-corrected chi connectivity index (χ0v) is 52.1. The number of allylic oxidation sites excluding steroid dienone is 2. The summed E-state index contributed by atoms with van der Waals surface area (Å²) in [5.74, 6) is 4.16. The topological polar surface area (TPSA) is 260 Å². The number of carbonyl (C=O) groups is 2. The number of phenolic OH excluding ortho intramolecular Hbond substituents is 1. The number of aromatic hydroxyl groups is 1. The predicted molar refractivity (Wildman–Crippen MR) is 338 cm³/mol. The number of aliphatic hydroxyl groups excluding tert-OH is 6. The van der Waals surface area contributed by atoms with Crippen LogP contribution in [0.3, 0.4) is 0 Å². The Kier molecular flexibility index (Phi) is 22.1. The summed E-state index contributed by atoms with van der Waals surface area (Å²) in [6, 6.07) is 19.5. The number of phenols is 1. The van der Waals surface area contributed by atoms with Crippen molar-refractivity contribution in [2.24, 2.45) is 22.7 Å². The molecule has 14 nitrogen and oxygen atoms in total. The third-order valence-corrected chi connectivity index (χ3v) is 22.7. The van der Waals surface area contributed by atoms with E-state index in [0.717, 1.165) is 104 Å². The van der Waals surface area contributed by atoms with Crippen molar-refractivity contribution in [1.29, 1.82) is 0 Å². The minimum atomic E-state index is -1.75. The number of carboxylic acids is 2. The van der Waals surface area contributed by atoms with Gasteiger partial charge in [-0.25, -0.2) is 0 Å². The van der Waals surface area contributed by atoms with Gasteiger partial charge < -0.3 is 61.7 Å². The van der Waals surface area contributed by atoms with Crippen molar-refractivity contribution < 1.29 is 60.7 Å². The van der Waals surface area contributed by atoms with Crippen LogP contribution >= 0.6 is 0 Å². The summed E-state index contributed by atoms with van der Waals surface area (Å²) in [6.45, 7) is 5.36. The number of nitrogens with one attached hydrogen (secondary N) is 2. The summed E-state index contributed by atoms with van der Waals surface area (Å²) in [5, 5.41) is 128. The largest absolute Gasteiger partial charge is 0.508 e. The third kappa shape index (κ3) is 14.3. The maximum atomic E-state index is 14.9. The summed E-state index contributed by atoms with van der Waals surface area (Å²) >= 11 is 0. The van der Waals surface area contributed by atoms with Gasteiger partial charge in [-0.15, -0.1) is 0 Å². The number of rotatable bonds is 17. The van der Waals surface area contributed by atoms with Crippen LogP contribution in [-0.4, -0.2) is 129 Å². The van der Waals surface area contributed by atoms with Crippen LogP contribution in [0, 0.1) is 34.5 Å². The highest BCUT2D eigenvalue weighted by molar-refractivity contribution is 5.77. The molecule has 476 valence electrons. The molecule has 0 aromatic heterocycles. The maximum Gasteiger partial charge on any atom is 0.310 e. The Balaban J connectivity index is 1.37. The van der Waals surface area contributed by atoms with E-state index >= 15 is 0 Å². The first-order chi connectivity index (χ1) is 41.7. The second kappa shape index (κ2) is 28.9. The van der Waals surface area contributed by atoms with Gasteiger partial charge in [0.2, 0.25) is 0 Å². The molecule has 0 amide bonds. The lowest BCUT2D eigenvalue weighted by Gasteiger charge is -2.59. The van der Waals surface area contributed by atoms with E-state index in [2.05, 4.69) is 28.5 Å². The number of fused-ring (bicyclic) bond motifs is 6. The normalized spacial score (nSPS) is 30.6. The molecule has 7 aliphatic rings. The van der Waals surface area contributed by atoms with Crippen LogP contribution in [-0.2, 0) is 40.7 Å². The first kappa shape index (κ1) is 66.5. The summed E-state index contributed by atoms with van der Waals surface area (Å²) in [4.78, 5) is 27.6. The summed E-state index contributed by atoms with van der Waals surface area (Å²) in [6.07, 6.45) is 12.1. The minimum Gasteiger partial charge on any atom is -0.508 e. The number of hydrogen-bond acceptors (Lipinski definition) is 12. The Hall–Kier alpha value is -4.92. The number of benzene rings is 3. The number of aliphatic hydroxyl groups is 7. The molecule has 4 fully saturated rings. The average Bonchev–Trinajstić information content (AvgIpc) is 1.15. The highest BCUT2D eigenvalue weighted by atomic mass is 16.4. The third-order valence-electron chi connectivity index (χ3n) is 22.7. The highest BCUT2D eigenvalue weighted by Crippen LogP contribution is 2.61. The van der Waals surface area contributed by atoms with Gasteiger partial charge in [0.15, 0.2) is 0 Å². The zero-order valence-electron chi connectivity index (χ0n) is 52.1. The van der Waals surface area contributed by atoms with Crippen molar-refractivity contribution >= 4 is 11.9 Å². The first-order valence-corrected chi connectivity index (χ1v) is 33.3. The van der Waals surface area contributed by atoms with Crippen LogP contribution in [0.15, 0.2) is 90.0 Å². The van der Waals surface area contributed by atoms with Gasteiger partial charge in [-0.3, -0.25) is 9.59 Å². The van der Waals surface area contributed by atoms with Crippen LogP contribution in [0.4, 0.5) is 0 Å². The molecular formula is C73H102N2O12. The minimum absolute atomic E-state index is 0.0542. The predicted octanol–water partition coefficient (Wildman–Crippen LogP) is 9.83. The molecular weight excluding hydrogens is 1100 g/mol. The Labute approximate surface area is 517 Å². The molecule has 10 rings (SSSR count). The SMILES string of the molecule is CCCCC(O)C(O)C=CC1=C(CC(O)CO)C2CCC(O)C3NC(C)CCC(C(O)Cc4ccc(cc4CC4(C(=O)O)CCCCC45CCCC5)CC(C(C)(O)C4(c5ccc(O)cc5)CCCCC4)(CC#Cc4ccccc4CC1)N2)C3CC(=O)O. The van der Waals surface area contributed by atoms with Crippen LogP contribution in [0.5, 0.6) is 5.75 Å². The summed E-state index contributed by atoms with van der Waals surface area (Å²) in [7, 11) is 0. The Morgan fingerprint density at radius 1 is 0.828 bits per heavy atom. The van der Waals surface area contributed by atoms with Crippen molar-refractivity contribution in [3.8, 4) is 17.6 Å². The van der Waals surface area contributed by atoms with Crippen molar-refractivity contribution in [2.75, 3.05) is 6.61 Å². The molecule has 12 N–H and O–H groups in total. The van der Waals surface area contributed by atoms with E-state index in [1.807, 2.05) is 75.4 Å². The van der Waals surface area contributed by atoms with Crippen LogP contribution in [0.25, 0.3) is 0 Å². The standard InChI is InChI=1S/C73H102N2O12/c1-4-5-19-62(79)63(80)32-25-52-24-23-51-17-8-7-16-50(51)18-15-40-73(69(3,87)71(37-9-6-10-38-71)55-26-28-56(77)29-27-55)45-49-21-22-53(54(41-49)46-72(68(85)86)39-14-13-36-70(72)34-11-12-35-70)42-65(82)58-30-20-48(2)74-67(60(58)44-66(83)84)64(81)33-31-61(75-73)59(52)43-57(78)47-76/h7-8,16-17,21-22,25-29,32,41,48,57-58,60-65,67,74-82,87H,4-6,9-14,19-20,23-24,30-31,33-40,42-47H2,1-3H3,(H,83,84)(H,85,86). The molecule has 87 heavy (non-hydrogen) atoms. The van der Waals surface area contributed by atoms with Gasteiger partial charge >= 0.3 is 11.9 Å². The van der Waals surface area contributed by atoms with Crippen molar-refractivity contribution in [3.63, 3.8) is 0 Å². The smallest absolute Gasteiger partial charge is 0.310 e. The number of aliphatic carboxylic acids is 2. The fourth-order valence-corrected chi connectivity index (χ4v) is 17.7. The molecule has 14 heteroatoms. The molecule has 13 unspecified atom stereocenters. The van der Waals surface area contributed by atoms with E-state index in [0.29, 0.717) is 68.9 Å². The number of hydrogen-bond donors (Lipinski definition) is 12. The fourth-order valence-electron chi connectivity index (χ4n) is 17.7. The van der Waals surface area contributed by atoms with Gasteiger partial charge in [0, 0.05) is 35.5 Å². The zero-order chi connectivity index (χ0) is 62.2. The second-order valence-corrected chi connectivity index (χ2v) is 27.9. The fraction of sp³-hybridized carbons (Fsp3) is 0.644. The molecule has 1 saturated heterocycles. The first-order valence-electron chi connectivity index (χ1n) is 33.3. The second-order valence-electron chi connectivity index (χ2n) is 27.9. The van der Waals surface area contributed by atoms with E-state index < -0.39 is 100 Å². The molecule has 0 radical (unpaired) electrons. The number of aryl methyl sites for hydroxylation is 1. The molecule has 6 bridgehead atoms. The van der Waals surface area contributed by atoms with Gasteiger partial charge in [-0.1, -0.05) is 137 Å². The molecule has 1 spiro atoms. The van der Waals surface area contributed by atoms with Gasteiger partial charge in [-0.2, -0.15) is 0 Å². The molecule has 3 aromatic rings. The van der Waals surface area contributed by atoms with Crippen molar-refractivity contribution in [3.05, 3.63) is 123 Å². The number of unbranched alkanes of at least 4 members (excludes halogenated alkanes) is 1. The Bertz CT molecular complexity index is 2930. The molecule has 4 heterocycles. The van der Waals surface area contributed by atoms with Crippen LogP contribution in [0.1, 0.15) is 208 Å². The molecule has 3 aliphatic carbocycles. The Morgan fingerprint density at radius 2 is 1.53 bits per heavy atom. The van der Waals surface area contributed by atoms with E-state index in [1.54, 1.807) is 18.2 Å².